The maximum Gasteiger partial charge on any atom is 0.0470 e. The maximum atomic E-state index is 6.33. The van der Waals surface area contributed by atoms with Gasteiger partial charge < -0.3 is 15.5 Å². The second-order valence-electron chi connectivity index (χ2n) is 7.70. The molecular formula is C21H23Cl2N3. The predicted molar refractivity (Wildman–Crippen MR) is 110 cm³/mol. The quantitative estimate of drug-likeness (QED) is 0.800. The number of nitrogens with one attached hydrogen (secondary N) is 2. The van der Waals surface area contributed by atoms with Gasteiger partial charge in [0.1, 0.15) is 0 Å². The maximum absolute atomic E-state index is 6.33. The Balaban J connectivity index is 1.48. The van der Waals surface area contributed by atoms with E-state index in [1.54, 1.807) is 0 Å². The molecule has 5 rings (SSSR count). The van der Waals surface area contributed by atoms with Crippen LogP contribution in [0.15, 0.2) is 30.3 Å². The van der Waals surface area contributed by atoms with Crippen molar-refractivity contribution < 1.29 is 0 Å². The van der Waals surface area contributed by atoms with Gasteiger partial charge in [-0.3, -0.25) is 0 Å². The van der Waals surface area contributed by atoms with Crippen molar-refractivity contribution in [3.8, 4) is 0 Å². The van der Waals surface area contributed by atoms with E-state index in [-0.39, 0.29) is 0 Å². The summed E-state index contributed by atoms with van der Waals surface area (Å²) in [6, 6.07) is 10.4. The molecule has 3 aliphatic rings. The van der Waals surface area contributed by atoms with Crippen LogP contribution < -0.4 is 15.5 Å². The van der Waals surface area contributed by atoms with Gasteiger partial charge in [0.2, 0.25) is 0 Å². The molecule has 26 heavy (non-hydrogen) atoms. The minimum absolute atomic E-state index is 0.642. The van der Waals surface area contributed by atoms with Gasteiger partial charge in [0.05, 0.1) is 0 Å². The molecule has 0 bridgehead atoms. The average Bonchev–Trinajstić information content (AvgIpc) is 3.10. The summed E-state index contributed by atoms with van der Waals surface area (Å²) in [7, 11) is 0. The van der Waals surface area contributed by atoms with E-state index in [2.05, 4.69) is 27.7 Å². The summed E-state index contributed by atoms with van der Waals surface area (Å²) in [4.78, 5) is 2.62. The summed E-state index contributed by atoms with van der Waals surface area (Å²) in [6.45, 7) is 5.30. The first-order valence-electron chi connectivity index (χ1n) is 9.50. The fourth-order valence-corrected chi connectivity index (χ4v) is 5.43. The second-order valence-corrected chi connectivity index (χ2v) is 8.52. The van der Waals surface area contributed by atoms with E-state index in [0.717, 1.165) is 34.6 Å². The number of aryl methyl sites for hydroxylation is 1. The molecule has 3 aliphatic heterocycles. The minimum atomic E-state index is 0.642. The summed E-state index contributed by atoms with van der Waals surface area (Å²) in [5, 5.41) is 8.61. The van der Waals surface area contributed by atoms with Crippen molar-refractivity contribution in [1.29, 1.82) is 0 Å². The first-order chi connectivity index (χ1) is 12.7. The third-order valence-corrected chi connectivity index (χ3v) is 6.84. The molecule has 0 amide bonds. The SMILES string of the molecule is Clc1cccc(Cl)c1CNc1cc2c3c(c1)[C@@H]1CNC[C@@H]1CN3CCC2. The van der Waals surface area contributed by atoms with E-state index in [1.165, 1.54) is 48.4 Å². The van der Waals surface area contributed by atoms with Crippen LogP contribution in [0.3, 0.4) is 0 Å². The molecule has 2 atom stereocenters. The zero-order chi connectivity index (χ0) is 17.7. The molecule has 5 heteroatoms. The lowest BCUT2D eigenvalue weighted by Crippen LogP contribution is -2.41. The van der Waals surface area contributed by atoms with Gasteiger partial charge in [-0.15, -0.1) is 0 Å². The molecular weight excluding hydrogens is 365 g/mol. The molecule has 0 aromatic heterocycles. The lowest BCUT2D eigenvalue weighted by Gasteiger charge is -2.42. The van der Waals surface area contributed by atoms with Gasteiger partial charge >= 0.3 is 0 Å². The number of benzene rings is 2. The van der Waals surface area contributed by atoms with E-state index in [1.807, 2.05) is 18.2 Å². The lowest BCUT2D eigenvalue weighted by atomic mass is 9.80. The fourth-order valence-electron chi connectivity index (χ4n) is 4.90. The van der Waals surface area contributed by atoms with Crippen molar-refractivity contribution in [3.63, 3.8) is 0 Å². The number of nitrogens with zero attached hydrogens (tertiary/aromatic N) is 1. The predicted octanol–water partition coefficient (Wildman–Crippen LogP) is 4.67. The van der Waals surface area contributed by atoms with Crippen LogP contribution in [-0.4, -0.2) is 26.2 Å². The molecule has 1 fully saturated rings. The number of anilines is 2. The van der Waals surface area contributed by atoms with Crippen LogP contribution in [0, 0.1) is 5.92 Å². The van der Waals surface area contributed by atoms with Gasteiger partial charge in [-0.1, -0.05) is 29.3 Å². The van der Waals surface area contributed by atoms with Crippen molar-refractivity contribution >= 4 is 34.6 Å². The lowest BCUT2D eigenvalue weighted by molar-refractivity contribution is 0.470. The molecule has 0 radical (unpaired) electrons. The van der Waals surface area contributed by atoms with Crippen molar-refractivity contribution in [3.05, 3.63) is 57.1 Å². The molecule has 2 aromatic carbocycles. The van der Waals surface area contributed by atoms with Crippen LogP contribution in [0.4, 0.5) is 11.4 Å². The van der Waals surface area contributed by atoms with Crippen molar-refractivity contribution in [2.45, 2.75) is 25.3 Å². The van der Waals surface area contributed by atoms with E-state index in [9.17, 15) is 0 Å². The highest BCUT2D eigenvalue weighted by Gasteiger charge is 2.38. The monoisotopic (exact) mass is 387 g/mol. The Morgan fingerprint density at radius 3 is 2.85 bits per heavy atom. The Hall–Kier alpha value is -1.42. The first-order valence-corrected chi connectivity index (χ1v) is 10.3. The van der Waals surface area contributed by atoms with Gasteiger partial charge in [0, 0.05) is 65.6 Å². The number of hydrogen-bond acceptors (Lipinski definition) is 3. The van der Waals surface area contributed by atoms with Gasteiger partial charge in [-0.25, -0.2) is 0 Å². The number of halogens is 2. The third-order valence-electron chi connectivity index (χ3n) is 6.13. The van der Waals surface area contributed by atoms with E-state index in [4.69, 9.17) is 23.2 Å². The Labute approximate surface area is 164 Å². The normalized spacial score (nSPS) is 23.5. The third kappa shape index (κ3) is 2.77. The van der Waals surface area contributed by atoms with Crippen LogP contribution in [0.5, 0.6) is 0 Å². The summed E-state index contributed by atoms with van der Waals surface area (Å²) < 4.78 is 0. The van der Waals surface area contributed by atoms with Gasteiger partial charge in [-0.05, 0) is 54.2 Å². The summed E-state index contributed by atoms with van der Waals surface area (Å²) in [5.74, 6) is 1.38. The van der Waals surface area contributed by atoms with Crippen LogP contribution in [0.2, 0.25) is 10.0 Å². The van der Waals surface area contributed by atoms with Gasteiger partial charge in [-0.2, -0.15) is 0 Å². The summed E-state index contributed by atoms with van der Waals surface area (Å²) in [5.41, 5.74) is 6.68. The molecule has 1 saturated heterocycles. The molecule has 0 spiro atoms. The molecule has 0 saturated carbocycles. The highest BCUT2D eigenvalue weighted by atomic mass is 35.5. The zero-order valence-electron chi connectivity index (χ0n) is 14.7. The van der Waals surface area contributed by atoms with Crippen LogP contribution in [0.1, 0.15) is 29.0 Å². The zero-order valence-corrected chi connectivity index (χ0v) is 16.2. The minimum Gasteiger partial charge on any atom is -0.381 e. The van der Waals surface area contributed by atoms with Crippen LogP contribution in [-0.2, 0) is 13.0 Å². The van der Waals surface area contributed by atoms with Crippen LogP contribution >= 0.6 is 23.2 Å². The van der Waals surface area contributed by atoms with Gasteiger partial charge in [0.15, 0.2) is 0 Å². The number of hydrogen-bond donors (Lipinski definition) is 2. The molecule has 0 aliphatic carbocycles. The molecule has 2 N–H and O–H groups in total. The molecule has 136 valence electrons. The topological polar surface area (TPSA) is 27.3 Å². The smallest absolute Gasteiger partial charge is 0.0470 e. The van der Waals surface area contributed by atoms with Crippen molar-refractivity contribution in [1.82, 2.24) is 5.32 Å². The number of rotatable bonds is 3. The van der Waals surface area contributed by atoms with Crippen LogP contribution in [0.25, 0.3) is 0 Å². The highest BCUT2D eigenvalue weighted by Crippen LogP contribution is 2.45. The largest absolute Gasteiger partial charge is 0.381 e. The first kappa shape index (κ1) is 16.7. The van der Waals surface area contributed by atoms with Crippen molar-refractivity contribution in [2.75, 3.05) is 36.4 Å². The van der Waals surface area contributed by atoms with Gasteiger partial charge in [0.25, 0.3) is 0 Å². The van der Waals surface area contributed by atoms with Crippen molar-refractivity contribution in [2.24, 2.45) is 5.92 Å². The molecule has 0 unspecified atom stereocenters. The molecule has 3 nitrogen and oxygen atoms in total. The Morgan fingerprint density at radius 1 is 1.15 bits per heavy atom. The fraction of sp³-hybridized carbons (Fsp3) is 0.429. The van der Waals surface area contributed by atoms with E-state index < -0.39 is 0 Å². The van der Waals surface area contributed by atoms with E-state index >= 15 is 0 Å². The molecule has 2 aromatic rings. The number of fused-ring (bicyclic) bond motifs is 2. The average molecular weight is 388 g/mol. The summed E-state index contributed by atoms with van der Waals surface area (Å²) in [6.07, 6.45) is 2.42. The Morgan fingerprint density at radius 2 is 2.00 bits per heavy atom. The standard InChI is InChI=1S/C21H23Cl2N3/c22-19-4-1-5-20(23)18(19)11-25-15-7-13-3-2-6-26-12-14-9-24-10-17(14)16(8-15)21(13)26/h1,4-5,7-8,14,17,24-25H,2-3,6,9-12H2/t14-,17-/m1/s1. The highest BCUT2D eigenvalue weighted by molar-refractivity contribution is 6.36. The Kier molecular flexibility index (Phi) is 4.27. The second kappa shape index (κ2) is 6.63. The Bertz CT molecular complexity index is 831. The van der Waals surface area contributed by atoms with E-state index in [0.29, 0.717) is 12.5 Å². The summed E-state index contributed by atoms with van der Waals surface area (Å²) >= 11 is 12.7. The molecule has 3 heterocycles.